The number of benzene rings is 2. The molecule has 0 saturated heterocycles. The first-order valence-electron chi connectivity index (χ1n) is 8.53. The second-order valence-electron chi connectivity index (χ2n) is 6.41. The van der Waals surface area contributed by atoms with Crippen LogP contribution in [0.5, 0.6) is 5.75 Å². The van der Waals surface area contributed by atoms with Gasteiger partial charge in [-0.25, -0.2) is 0 Å². The molecule has 0 saturated carbocycles. The molecule has 2 rings (SSSR count). The second kappa shape index (κ2) is 9.55. The number of ether oxygens (including phenoxy) is 1. The smallest absolute Gasteiger partial charge is 0.123 e. The van der Waals surface area contributed by atoms with Crippen molar-refractivity contribution in [1.29, 1.82) is 15.8 Å². The fourth-order valence-electron chi connectivity index (χ4n) is 2.49. The number of nitriles is 3. The highest BCUT2D eigenvalue weighted by atomic mass is 32.2. The van der Waals surface area contributed by atoms with Crippen LogP contribution in [0.2, 0.25) is 0 Å². The van der Waals surface area contributed by atoms with Gasteiger partial charge in [0.15, 0.2) is 0 Å². The van der Waals surface area contributed by atoms with Crippen molar-refractivity contribution in [1.82, 2.24) is 0 Å². The maximum Gasteiger partial charge on any atom is 0.123 e. The van der Waals surface area contributed by atoms with Crippen molar-refractivity contribution in [2.45, 2.75) is 4.90 Å². The van der Waals surface area contributed by atoms with Crippen LogP contribution in [-0.4, -0.2) is 40.6 Å². The third kappa shape index (κ3) is 5.10. The molecule has 0 atom stereocenters. The Bertz CT molecular complexity index is 919. The fourth-order valence-corrected chi connectivity index (χ4v) is 3.38. The molecule has 0 aliphatic carbocycles. The van der Waals surface area contributed by atoms with E-state index in [0.29, 0.717) is 33.9 Å². The van der Waals surface area contributed by atoms with E-state index in [1.165, 1.54) is 23.9 Å². The van der Waals surface area contributed by atoms with Gasteiger partial charge >= 0.3 is 0 Å². The van der Waals surface area contributed by atoms with Crippen molar-refractivity contribution in [3.63, 3.8) is 0 Å². The summed E-state index contributed by atoms with van der Waals surface area (Å²) in [7, 11) is 7.91. The lowest BCUT2D eigenvalue weighted by molar-refractivity contribution is 0.344. The van der Waals surface area contributed by atoms with E-state index >= 15 is 0 Å². The largest absolute Gasteiger partial charge is 0.493 e. The van der Waals surface area contributed by atoms with E-state index in [9.17, 15) is 10.5 Å². The van der Waals surface area contributed by atoms with Crippen LogP contribution in [0, 0.1) is 34.0 Å². The van der Waals surface area contributed by atoms with Gasteiger partial charge in [-0.1, -0.05) is 0 Å². The predicted octanol–water partition coefficient (Wildman–Crippen LogP) is 3.60. The van der Waals surface area contributed by atoms with E-state index in [1.807, 2.05) is 56.2 Å². The molecule has 0 unspecified atom stereocenters. The topological polar surface area (TPSA) is 87.1 Å². The van der Waals surface area contributed by atoms with Gasteiger partial charge in [-0.05, 0) is 18.2 Å². The molecular formula is C21H21N5OS. The first-order chi connectivity index (χ1) is 13.4. The summed E-state index contributed by atoms with van der Waals surface area (Å²) < 4.78 is 5.91. The highest BCUT2D eigenvalue weighted by molar-refractivity contribution is 7.99. The molecule has 2 aromatic carbocycles. The van der Waals surface area contributed by atoms with Crippen LogP contribution >= 0.6 is 11.8 Å². The third-order valence-corrected chi connectivity index (χ3v) is 5.07. The zero-order chi connectivity index (χ0) is 20.7. The van der Waals surface area contributed by atoms with E-state index in [1.54, 1.807) is 0 Å². The van der Waals surface area contributed by atoms with Crippen molar-refractivity contribution in [2.24, 2.45) is 0 Å². The number of anilines is 2. The first kappa shape index (κ1) is 21.0. The average Bonchev–Trinajstić information content (AvgIpc) is 2.70. The minimum absolute atomic E-state index is 0.311. The van der Waals surface area contributed by atoms with Crippen molar-refractivity contribution in [2.75, 3.05) is 50.4 Å². The average molecular weight is 392 g/mol. The molecule has 142 valence electrons. The lowest BCUT2D eigenvalue weighted by Crippen LogP contribution is -2.13. The normalized spacial score (nSPS) is 9.75. The molecule has 6 nitrogen and oxygen atoms in total. The SMILES string of the molecule is CN(C)c1cc(OCCSc2c(C#N)cc(C#N)cc2C#N)cc(N(C)C)c1. The summed E-state index contributed by atoms with van der Waals surface area (Å²) in [6.07, 6.45) is 0. The predicted molar refractivity (Wildman–Crippen MR) is 112 cm³/mol. The van der Waals surface area contributed by atoms with Crippen LogP contribution in [-0.2, 0) is 0 Å². The van der Waals surface area contributed by atoms with Crippen LogP contribution in [0.4, 0.5) is 11.4 Å². The molecule has 0 spiro atoms. The number of thioether (sulfide) groups is 1. The standard InChI is InChI=1S/C21H21N5OS/c1-25(2)18-9-19(26(3)4)11-20(10-18)27-5-6-28-21-16(13-23)7-15(12-22)8-17(21)14-24/h7-11H,5-6H2,1-4H3. The Morgan fingerprint density at radius 2 is 1.36 bits per heavy atom. The Balaban J connectivity index is 2.11. The van der Waals surface area contributed by atoms with Crippen molar-refractivity contribution in [3.8, 4) is 24.0 Å². The Morgan fingerprint density at radius 3 is 1.79 bits per heavy atom. The van der Waals surface area contributed by atoms with Gasteiger partial charge in [-0.3, -0.25) is 0 Å². The van der Waals surface area contributed by atoms with Gasteiger partial charge in [0.25, 0.3) is 0 Å². The molecule has 0 bridgehead atoms. The van der Waals surface area contributed by atoms with Gasteiger partial charge in [-0.15, -0.1) is 11.8 Å². The summed E-state index contributed by atoms with van der Waals surface area (Å²) in [4.78, 5) is 4.62. The maximum absolute atomic E-state index is 9.34. The Hall–Kier alpha value is -3.34. The van der Waals surface area contributed by atoms with Crippen LogP contribution in [0.15, 0.2) is 35.2 Å². The molecule has 7 heteroatoms. The quantitative estimate of drug-likeness (QED) is 0.526. The number of nitrogens with zero attached hydrogens (tertiary/aromatic N) is 5. The highest BCUT2D eigenvalue weighted by Crippen LogP contribution is 2.30. The molecule has 0 heterocycles. The number of hydrogen-bond donors (Lipinski definition) is 0. The van der Waals surface area contributed by atoms with Crippen LogP contribution in [0.3, 0.4) is 0 Å². The molecule has 0 aliphatic rings. The summed E-state index contributed by atoms with van der Waals surface area (Å²) in [5.41, 5.74) is 3.07. The number of rotatable bonds is 7. The molecule has 28 heavy (non-hydrogen) atoms. The Morgan fingerprint density at radius 1 is 0.821 bits per heavy atom. The Labute approximate surface area is 170 Å². The van der Waals surface area contributed by atoms with E-state index in [0.717, 1.165) is 17.1 Å². The molecule has 0 radical (unpaired) electrons. The molecule has 2 aromatic rings. The zero-order valence-corrected chi connectivity index (χ0v) is 17.2. The molecule has 0 aliphatic heterocycles. The minimum atomic E-state index is 0.311. The monoisotopic (exact) mass is 391 g/mol. The fraction of sp³-hybridized carbons (Fsp3) is 0.286. The van der Waals surface area contributed by atoms with Gasteiger partial charge in [0.2, 0.25) is 0 Å². The van der Waals surface area contributed by atoms with Crippen LogP contribution < -0.4 is 14.5 Å². The molecule has 0 aromatic heterocycles. The van der Waals surface area contributed by atoms with Gasteiger partial charge in [0.1, 0.15) is 17.9 Å². The van der Waals surface area contributed by atoms with E-state index in [2.05, 4.69) is 18.2 Å². The van der Waals surface area contributed by atoms with Gasteiger partial charge in [-0.2, -0.15) is 15.8 Å². The Kier molecular flexibility index (Phi) is 7.15. The van der Waals surface area contributed by atoms with Crippen molar-refractivity contribution >= 4 is 23.1 Å². The zero-order valence-electron chi connectivity index (χ0n) is 16.4. The second-order valence-corrected chi connectivity index (χ2v) is 7.51. The van der Waals surface area contributed by atoms with E-state index in [-0.39, 0.29) is 0 Å². The summed E-state index contributed by atoms with van der Waals surface area (Å²) in [5.74, 6) is 1.33. The molecule has 0 amide bonds. The van der Waals surface area contributed by atoms with Crippen molar-refractivity contribution < 1.29 is 4.74 Å². The lowest BCUT2D eigenvalue weighted by atomic mass is 10.1. The summed E-state index contributed by atoms with van der Waals surface area (Å²) >= 11 is 1.38. The maximum atomic E-state index is 9.34. The summed E-state index contributed by atoms with van der Waals surface area (Å²) in [6, 6.07) is 15.2. The van der Waals surface area contributed by atoms with Gasteiger partial charge in [0, 0.05) is 62.3 Å². The molecule has 0 fully saturated rings. The number of hydrogen-bond acceptors (Lipinski definition) is 7. The van der Waals surface area contributed by atoms with Gasteiger partial charge in [0.05, 0.1) is 29.4 Å². The van der Waals surface area contributed by atoms with Crippen molar-refractivity contribution in [3.05, 3.63) is 47.0 Å². The van der Waals surface area contributed by atoms with E-state index in [4.69, 9.17) is 10.00 Å². The summed E-state index contributed by atoms with van der Waals surface area (Å²) in [5, 5.41) is 27.7. The third-order valence-electron chi connectivity index (χ3n) is 3.97. The minimum Gasteiger partial charge on any atom is -0.493 e. The first-order valence-corrected chi connectivity index (χ1v) is 9.51. The van der Waals surface area contributed by atoms with Crippen LogP contribution in [0.25, 0.3) is 0 Å². The van der Waals surface area contributed by atoms with Gasteiger partial charge < -0.3 is 14.5 Å². The molecule has 0 N–H and O–H groups in total. The summed E-state index contributed by atoms with van der Waals surface area (Å²) in [6.45, 7) is 0.421. The highest BCUT2D eigenvalue weighted by Gasteiger charge is 2.12. The lowest BCUT2D eigenvalue weighted by Gasteiger charge is -2.20. The molecular weight excluding hydrogens is 370 g/mol. The van der Waals surface area contributed by atoms with E-state index < -0.39 is 0 Å². The van der Waals surface area contributed by atoms with Crippen LogP contribution in [0.1, 0.15) is 16.7 Å².